The maximum absolute atomic E-state index is 4.62. The van der Waals surface area contributed by atoms with Gasteiger partial charge in [0.2, 0.25) is 5.95 Å². The molecule has 0 bridgehead atoms. The molecule has 4 aromatic heterocycles. The topological polar surface area (TPSA) is 85.8 Å². The SMILES string of the molecule is Cn1nccc1Nc1nccc(-c2ccn3c(CCC(C)(C)C)nnc3c2)n1. The Hall–Kier alpha value is -3.29. The van der Waals surface area contributed by atoms with E-state index in [4.69, 9.17) is 0 Å². The number of nitrogens with one attached hydrogen (secondary N) is 1. The van der Waals surface area contributed by atoms with Gasteiger partial charge in [0, 0.05) is 37.5 Å². The molecule has 0 unspecified atom stereocenters. The molecule has 0 aromatic carbocycles. The number of aromatic nitrogens is 7. The summed E-state index contributed by atoms with van der Waals surface area (Å²) in [5.74, 6) is 2.33. The van der Waals surface area contributed by atoms with Gasteiger partial charge in [-0.3, -0.25) is 9.08 Å². The predicted molar refractivity (Wildman–Crippen MR) is 108 cm³/mol. The Bertz CT molecular complexity index is 1100. The fourth-order valence-electron chi connectivity index (χ4n) is 2.95. The molecule has 0 saturated heterocycles. The summed E-state index contributed by atoms with van der Waals surface area (Å²) < 4.78 is 3.78. The zero-order chi connectivity index (χ0) is 19.7. The average molecular weight is 376 g/mol. The van der Waals surface area contributed by atoms with Crippen molar-refractivity contribution < 1.29 is 0 Å². The lowest BCUT2D eigenvalue weighted by Gasteiger charge is -2.16. The van der Waals surface area contributed by atoms with Gasteiger partial charge in [0.15, 0.2) is 5.65 Å². The van der Waals surface area contributed by atoms with E-state index in [2.05, 4.69) is 51.4 Å². The lowest BCUT2D eigenvalue weighted by molar-refractivity contribution is 0.374. The van der Waals surface area contributed by atoms with Crippen LogP contribution in [0.3, 0.4) is 0 Å². The molecular formula is C20H24N8. The van der Waals surface area contributed by atoms with E-state index in [0.717, 1.165) is 41.4 Å². The number of nitrogens with zero attached hydrogens (tertiary/aromatic N) is 7. The third-order valence-corrected chi connectivity index (χ3v) is 4.59. The Balaban J connectivity index is 1.59. The van der Waals surface area contributed by atoms with Crippen LogP contribution >= 0.6 is 0 Å². The molecule has 0 aliphatic heterocycles. The van der Waals surface area contributed by atoms with Crippen LogP contribution in [0, 0.1) is 5.41 Å². The molecule has 144 valence electrons. The third-order valence-electron chi connectivity index (χ3n) is 4.59. The summed E-state index contributed by atoms with van der Waals surface area (Å²) in [6.45, 7) is 6.71. The maximum atomic E-state index is 4.62. The molecule has 0 aliphatic rings. The number of aryl methyl sites for hydroxylation is 2. The van der Waals surface area contributed by atoms with E-state index in [1.807, 2.05) is 41.9 Å². The number of fused-ring (bicyclic) bond motifs is 1. The van der Waals surface area contributed by atoms with Crippen LogP contribution in [0.2, 0.25) is 0 Å². The highest BCUT2D eigenvalue weighted by molar-refractivity contribution is 5.65. The van der Waals surface area contributed by atoms with Crippen molar-refractivity contribution in [3.8, 4) is 11.3 Å². The second-order valence-electron chi connectivity index (χ2n) is 8.05. The Kier molecular flexibility index (Phi) is 4.54. The molecule has 4 rings (SSSR count). The van der Waals surface area contributed by atoms with Crippen molar-refractivity contribution in [2.45, 2.75) is 33.6 Å². The molecule has 0 saturated carbocycles. The molecule has 0 radical (unpaired) electrons. The van der Waals surface area contributed by atoms with Gasteiger partial charge < -0.3 is 5.32 Å². The molecule has 0 fully saturated rings. The van der Waals surface area contributed by atoms with Crippen LogP contribution < -0.4 is 5.32 Å². The van der Waals surface area contributed by atoms with Crippen LogP contribution in [0.15, 0.2) is 42.9 Å². The maximum Gasteiger partial charge on any atom is 0.228 e. The second-order valence-corrected chi connectivity index (χ2v) is 8.05. The lowest BCUT2D eigenvalue weighted by Crippen LogP contribution is -2.08. The number of rotatable bonds is 5. The van der Waals surface area contributed by atoms with E-state index in [9.17, 15) is 0 Å². The number of anilines is 2. The van der Waals surface area contributed by atoms with Crippen molar-refractivity contribution in [3.63, 3.8) is 0 Å². The smallest absolute Gasteiger partial charge is 0.228 e. The highest BCUT2D eigenvalue weighted by Gasteiger charge is 2.14. The van der Waals surface area contributed by atoms with E-state index in [-0.39, 0.29) is 5.41 Å². The Morgan fingerprint density at radius 2 is 1.93 bits per heavy atom. The monoisotopic (exact) mass is 376 g/mol. The molecule has 0 atom stereocenters. The van der Waals surface area contributed by atoms with Crippen LogP contribution in [0.25, 0.3) is 16.9 Å². The van der Waals surface area contributed by atoms with Gasteiger partial charge in [-0.15, -0.1) is 10.2 Å². The van der Waals surface area contributed by atoms with Crippen molar-refractivity contribution in [1.82, 2.24) is 34.3 Å². The van der Waals surface area contributed by atoms with E-state index in [1.165, 1.54) is 0 Å². The summed E-state index contributed by atoms with van der Waals surface area (Å²) in [6, 6.07) is 7.80. The number of pyridine rings is 1. The fraction of sp³-hybridized carbons (Fsp3) is 0.350. The molecule has 0 spiro atoms. The average Bonchev–Trinajstić information content (AvgIpc) is 3.25. The lowest BCUT2D eigenvalue weighted by atomic mass is 9.90. The van der Waals surface area contributed by atoms with Gasteiger partial charge in [-0.25, -0.2) is 9.97 Å². The molecule has 1 N–H and O–H groups in total. The van der Waals surface area contributed by atoms with Crippen molar-refractivity contribution in [2.75, 3.05) is 5.32 Å². The molecule has 4 aromatic rings. The number of hydrogen-bond acceptors (Lipinski definition) is 6. The fourth-order valence-corrected chi connectivity index (χ4v) is 2.95. The zero-order valence-electron chi connectivity index (χ0n) is 16.6. The van der Waals surface area contributed by atoms with Crippen LogP contribution in [-0.2, 0) is 13.5 Å². The number of hydrogen-bond donors (Lipinski definition) is 1. The van der Waals surface area contributed by atoms with Gasteiger partial charge in [0.1, 0.15) is 11.6 Å². The van der Waals surface area contributed by atoms with Crippen molar-refractivity contribution in [2.24, 2.45) is 12.5 Å². The summed E-state index contributed by atoms with van der Waals surface area (Å²) in [7, 11) is 1.86. The van der Waals surface area contributed by atoms with Crippen LogP contribution in [0.5, 0.6) is 0 Å². The van der Waals surface area contributed by atoms with Crippen LogP contribution in [0.1, 0.15) is 33.0 Å². The molecule has 4 heterocycles. The first-order valence-corrected chi connectivity index (χ1v) is 9.31. The third kappa shape index (κ3) is 3.85. The normalized spacial score (nSPS) is 11.9. The van der Waals surface area contributed by atoms with Gasteiger partial charge in [0.05, 0.1) is 11.9 Å². The van der Waals surface area contributed by atoms with E-state index < -0.39 is 0 Å². The van der Waals surface area contributed by atoms with Crippen molar-refractivity contribution in [1.29, 1.82) is 0 Å². The molecule has 8 nitrogen and oxygen atoms in total. The summed E-state index contributed by atoms with van der Waals surface area (Å²) in [5.41, 5.74) is 2.88. The molecule has 8 heteroatoms. The van der Waals surface area contributed by atoms with Crippen molar-refractivity contribution >= 4 is 17.4 Å². The first-order chi connectivity index (χ1) is 13.4. The summed E-state index contributed by atoms with van der Waals surface area (Å²) in [5, 5.41) is 16.0. The van der Waals surface area contributed by atoms with Crippen LogP contribution in [0.4, 0.5) is 11.8 Å². The molecule has 0 amide bonds. The zero-order valence-corrected chi connectivity index (χ0v) is 16.6. The van der Waals surface area contributed by atoms with Gasteiger partial charge in [-0.1, -0.05) is 20.8 Å². The van der Waals surface area contributed by atoms with E-state index in [0.29, 0.717) is 5.95 Å². The summed E-state index contributed by atoms with van der Waals surface area (Å²) in [6.07, 6.45) is 7.44. The van der Waals surface area contributed by atoms with Crippen LogP contribution in [-0.4, -0.2) is 34.3 Å². The predicted octanol–water partition coefficient (Wildman–Crippen LogP) is 3.64. The molecule has 0 aliphatic carbocycles. The van der Waals surface area contributed by atoms with Crippen molar-refractivity contribution in [3.05, 3.63) is 48.7 Å². The standard InChI is InChI=1S/C20H24N8/c1-20(2,3)9-5-17-25-26-18-13-14(8-12-28(17)18)15-6-10-21-19(23-15)24-16-7-11-22-27(16)4/h6-8,10-13H,5,9H2,1-4H3,(H,21,23,24). The first-order valence-electron chi connectivity index (χ1n) is 9.31. The minimum atomic E-state index is 0.268. The van der Waals surface area contributed by atoms with E-state index >= 15 is 0 Å². The Morgan fingerprint density at radius 3 is 2.68 bits per heavy atom. The van der Waals surface area contributed by atoms with Gasteiger partial charge in [-0.05, 0) is 30.0 Å². The Morgan fingerprint density at radius 1 is 1.07 bits per heavy atom. The first kappa shape index (κ1) is 18.1. The van der Waals surface area contributed by atoms with Gasteiger partial charge >= 0.3 is 0 Å². The van der Waals surface area contributed by atoms with E-state index in [1.54, 1.807) is 17.1 Å². The quantitative estimate of drug-likeness (QED) is 0.572. The minimum absolute atomic E-state index is 0.268. The van der Waals surface area contributed by atoms with Gasteiger partial charge in [0.25, 0.3) is 0 Å². The Labute approximate surface area is 163 Å². The minimum Gasteiger partial charge on any atom is -0.309 e. The molecule has 28 heavy (non-hydrogen) atoms. The molecular weight excluding hydrogens is 352 g/mol. The summed E-state index contributed by atoms with van der Waals surface area (Å²) >= 11 is 0. The highest BCUT2D eigenvalue weighted by Crippen LogP contribution is 2.23. The largest absolute Gasteiger partial charge is 0.309 e. The second kappa shape index (κ2) is 7.03. The highest BCUT2D eigenvalue weighted by atomic mass is 15.3. The van der Waals surface area contributed by atoms with Gasteiger partial charge in [-0.2, -0.15) is 5.10 Å². The summed E-state index contributed by atoms with van der Waals surface area (Å²) in [4.78, 5) is 8.92.